The summed E-state index contributed by atoms with van der Waals surface area (Å²) in [5.41, 5.74) is 2.56. The van der Waals surface area contributed by atoms with Gasteiger partial charge >= 0.3 is 0 Å². The van der Waals surface area contributed by atoms with Crippen LogP contribution in [-0.4, -0.2) is 10.6 Å². The molecule has 2 aromatic rings. The molecule has 1 aliphatic rings. The number of alkyl halides is 1. The van der Waals surface area contributed by atoms with Crippen LogP contribution in [-0.2, 0) is 12.8 Å². The lowest BCUT2D eigenvalue weighted by Gasteiger charge is -2.13. The van der Waals surface area contributed by atoms with Gasteiger partial charge < -0.3 is 0 Å². The number of hydrogen-bond donors (Lipinski definition) is 0. The molecule has 16 heavy (non-hydrogen) atoms. The van der Waals surface area contributed by atoms with Crippen LogP contribution >= 0.6 is 38.6 Å². The summed E-state index contributed by atoms with van der Waals surface area (Å²) < 4.78 is 0. The molecule has 0 amide bonds. The Bertz CT molecular complexity index is 541. The van der Waals surface area contributed by atoms with Crippen molar-refractivity contribution in [1.29, 1.82) is 0 Å². The molecule has 4 heteroatoms. The van der Waals surface area contributed by atoms with Crippen molar-refractivity contribution in [3.63, 3.8) is 0 Å². The van der Waals surface area contributed by atoms with E-state index < -0.39 is 0 Å². The standard InChI is InChI=1S/C12H9BrOS2/c13-9-6-10-7(1-3-15-10)5-8-2-4-16-12(8)11(9)14/h1-4,9H,5-6H2. The minimum absolute atomic E-state index is 0.0670. The molecule has 1 aliphatic carbocycles. The molecule has 0 bridgehead atoms. The molecule has 0 saturated heterocycles. The Kier molecular flexibility index (Phi) is 2.73. The predicted molar refractivity (Wildman–Crippen MR) is 72.2 cm³/mol. The lowest BCUT2D eigenvalue weighted by atomic mass is 9.98. The highest BCUT2D eigenvalue weighted by atomic mass is 79.9. The Labute approximate surface area is 110 Å². The van der Waals surface area contributed by atoms with E-state index in [1.165, 1.54) is 16.0 Å². The molecule has 1 unspecified atom stereocenters. The van der Waals surface area contributed by atoms with Crippen LogP contribution < -0.4 is 0 Å². The van der Waals surface area contributed by atoms with E-state index in [-0.39, 0.29) is 10.6 Å². The molecular weight excluding hydrogens is 304 g/mol. The van der Waals surface area contributed by atoms with Gasteiger partial charge in [-0.1, -0.05) is 15.9 Å². The first-order chi connectivity index (χ1) is 7.75. The summed E-state index contributed by atoms with van der Waals surface area (Å²) in [5.74, 6) is 0.240. The highest BCUT2D eigenvalue weighted by molar-refractivity contribution is 9.10. The molecule has 1 nitrogen and oxygen atoms in total. The molecule has 82 valence electrons. The fourth-order valence-corrected chi connectivity index (χ4v) is 4.79. The number of ketones is 1. The van der Waals surface area contributed by atoms with Gasteiger partial charge in [0.15, 0.2) is 5.78 Å². The summed E-state index contributed by atoms with van der Waals surface area (Å²) in [4.78, 5) is 14.4. The molecule has 1 atom stereocenters. The highest BCUT2D eigenvalue weighted by Gasteiger charge is 2.25. The fraction of sp³-hybridized carbons (Fsp3) is 0.250. The van der Waals surface area contributed by atoms with Crippen LogP contribution in [0.2, 0.25) is 0 Å². The normalized spacial score (nSPS) is 19.8. The van der Waals surface area contributed by atoms with Crippen LogP contribution in [0.4, 0.5) is 0 Å². The number of rotatable bonds is 0. The Morgan fingerprint density at radius 1 is 1.19 bits per heavy atom. The van der Waals surface area contributed by atoms with Crippen molar-refractivity contribution in [1.82, 2.24) is 0 Å². The van der Waals surface area contributed by atoms with Crippen molar-refractivity contribution >= 4 is 44.4 Å². The maximum Gasteiger partial charge on any atom is 0.187 e. The minimum Gasteiger partial charge on any atom is -0.292 e. The Hall–Kier alpha value is -0.450. The molecule has 0 aliphatic heterocycles. The van der Waals surface area contributed by atoms with Gasteiger partial charge in [-0.05, 0) is 34.0 Å². The van der Waals surface area contributed by atoms with Gasteiger partial charge in [0.1, 0.15) is 0 Å². The number of halogens is 1. The first-order valence-corrected chi connectivity index (χ1v) is 7.73. The number of carbonyl (C=O) groups excluding carboxylic acids is 1. The first-order valence-electron chi connectivity index (χ1n) is 5.05. The molecule has 0 aromatic carbocycles. The van der Waals surface area contributed by atoms with Gasteiger partial charge in [-0.3, -0.25) is 4.79 Å². The number of carbonyl (C=O) groups is 1. The van der Waals surface area contributed by atoms with E-state index in [9.17, 15) is 4.79 Å². The van der Waals surface area contributed by atoms with Crippen molar-refractivity contribution in [3.05, 3.63) is 43.8 Å². The summed E-state index contributed by atoms with van der Waals surface area (Å²) >= 11 is 6.82. The summed E-state index contributed by atoms with van der Waals surface area (Å²) in [7, 11) is 0. The number of Topliss-reactive ketones (excluding diaryl/α,β-unsaturated/α-hetero) is 1. The van der Waals surface area contributed by atoms with Crippen molar-refractivity contribution in [2.45, 2.75) is 17.7 Å². The Morgan fingerprint density at radius 2 is 1.94 bits per heavy atom. The molecule has 0 N–H and O–H groups in total. The maximum absolute atomic E-state index is 12.2. The van der Waals surface area contributed by atoms with Gasteiger partial charge in [0.2, 0.25) is 0 Å². The third-order valence-electron chi connectivity index (χ3n) is 2.84. The van der Waals surface area contributed by atoms with Crippen molar-refractivity contribution in [2.75, 3.05) is 0 Å². The number of fused-ring (bicyclic) bond motifs is 2. The monoisotopic (exact) mass is 312 g/mol. The van der Waals surface area contributed by atoms with Crippen LogP contribution in [0.25, 0.3) is 0 Å². The zero-order chi connectivity index (χ0) is 11.1. The van der Waals surface area contributed by atoms with E-state index >= 15 is 0 Å². The van der Waals surface area contributed by atoms with E-state index in [2.05, 4.69) is 33.4 Å². The summed E-state index contributed by atoms with van der Waals surface area (Å²) in [6, 6.07) is 4.25. The number of thiophene rings is 2. The number of hydrogen-bond acceptors (Lipinski definition) is 3. The van der Waals surface area contributed by atoms with E-state index in [1.54, 1.807) is 22.7 Å². The molecule has 2 aromatic heterocycles. The Balaban J connectivity index is 2.14. The van der Waals surface area contributed by atoms with E-state index in [0.29, 0.717) is 0 Å². The lowest BCUT2D eigenvalue weighted by Crippen LogP contribution is -2.19. The average molecular weight is 313 g/mol. The summed E-state index contributed by atoms with van der Waals surface area (Å²) in [6.45, 7) is 0. The smallest absolute Gasteiger partial charge is 0.187 e. The molecule has 0 saturated carbocycles. The van der Waals surface area contributed by atoms with Gasteiger partial charge in [0.05, 0.1) is 9.70 Å². The quantitative estimate of drug-likeness (QED) is 0.674. The van der Waals surface area contributed by atoms with Crippen LogP contribution in [0.1, 0.15) is 25.7 Å². The molecule has 3 rings (SSSR count). The van der Waals surface area contributed by atoms with Crippen LogP contribution in [0, 0.1) is 0 Å². The van der Waals surface area contributed by atoms with Crippen LogP contribution in [0.5, 0.6) is 0 Å². The lowest BCUT2D eigenvalue weighted by molar-refractivity contribution is 0.0994. The Morgan fingerprint density at radius 3 is 2.81 bits per heavy atom. The highest BCUT2D eigenvalue weighted by Crippen LogP contribution is 2.31. The third-order valence-corrected chi connectivity index (χ3v) is 5.53. The van der Waals surface area contributed by atoms with Gasteiger partial charge in [-0.15, -0.1) is 22.7 Å². The zero-order valence-corrected chi connectivity index (χ0v) is 11.6. The van der Waals surface area contributed by atoms with Crippen LogP contribution in [0.15, 0.2) is 22.9 Å². The van der Waals surface area contributed by atoms with Gasteiger partial charge in [-0.25, -0.2) is 0 Å². The molecule has 0 spiro atoms. The fourth-order valence-electron chi connectivity index (χ4n) is 2.00. The SMILES string of the molecule is O=C1c2sccc2Cc2ccsc2CC1Br. The summed E-state index contributed by atoms with van der Waals surface area (Å²) in [6.07, 6.45) is 1.73. The van der Waals surface area contributed by atoms with Crippen molar-refractivity contribution < 1.29 is 4.79 Å². The van der Waals surface area contributed by atoms with E-state index in [1.807, 2.05) is 5.38 Å². The maximum atomic E-state index is 12.2. The third kappa shape index (κ3) is 1.69. The van der Waals surface area contributed by atoms with Crippen molar-refractivity contribution in [2.24, 2.45) is 0 Å². The van der Waals surface area contributed by atoms with Crippen LogP contribution in [0.3, 0.4) is 0 Å². The predicted octanol–water partition coefficient (Wildman–Crippen LogP) is 3.90. The molecule has 2 heterocycles. The van der Waals surface area contributed by atoms with Gasteiger partial charge in [-0.2, -0.15) is 0 Å². The minimum atomic E-state index is -0.0670. The molecule has 0 fully saturated rings. The average Bonchev–Trinajstić information content (AvgIpc) is 2.87. The van der Waals surface area contributed by atoms with E-state index in [0.717, 1.165) is 17.7 Å². The molecule has 0 radical (unpaired) electrons. The second-order valence-electron chi connectivity index (χ2n) is 3.86. The van der Waals surface area contributed by atoms with Gasteiger partial charge in [0, 0.05) is 17.7 Å². The molecular formula is C12H9BrOS2. The van der Waals surface area contributed by atoms with Crippen molar-refractivity contribution in [3.8, 4) is 0 Å². The summed E-state index contributed by atoms with van der Waals surface area (Å²) in [5, 5.41) is 4.13. The van der Waals surface area contributed by atoms with Gasteiger partial charge in [0.25, 0.3) is 0 Å². The zero-order valence-electron chi connectivity index (χ0n) is 8.40. The van der Waals surface area contributed by atoms with E-state index in [4.69, 9.17) is 0 Å². The topological polar surface area (TPSA) is 17.1 Å². The second kappa shape index (κ2) is 4.09. The largest absolute Gasteiger partial charge is 0.292 e. The first kappa shape index (κ1) is 10.7. The second-order valence-corrected chi connectivity index (χ2v) is 6.88.